The Kier molecular flexibility index (Phi) is 6.02. The largest absolute Gasteiger partial charge is 0.0616 e. The van der Waals surface area contributed by atoms with Gasteiger partial charge in [0.05, 0.1) is 0 Å². The van der Waals surface area contributed by atoms with Crippen LogP contribution >= 0.6 is 0 Å². The first-order chi connectivity index (χ1) is 24.0. The van der Waals surface area contributed by atoms with Gasteiger partial charge < -0.3 is 0 Å². The molecule has 0 aliphatic heterocycles. The third-order valence-electron chi connectivity index (χ3n) is 11.0. The molecule has 0 nitrogen and oxygen atoms in total. The molecule has 0 amide bonds. The normalized spacial score (nSPS) is 13.3. The molecule has 0 unspecified atom stereocenters. The summed E-state index contributed by atoms with van der Waals surface area (Å²) in [6.45, 7) is 4.77. The standard InChI is InChI=1S/C49H34/c1-49(2)47-28-36(21-24-43(47)44-25-22-37(29-48(44)49)35-19-18-31-10-3-4-12-33(31)26-35)34-13-9-14-38(27-34)45-30-46-39-15-6-5-11-32(39)20-23-42(46)40-16-7-8-17-41(40)45/h3-30H,1-2H3. The SMILES string of the molecule is CC1(C)c2cc(-c3cccc(-c4cc5c6ccccc6ccc5c5ccccc45)c3)ccc2-c2ccc(-c3ccc4ccccc4c3)cc21. The van der Waals surface area contributed by atoms with Crippen molar-refractivity contribution < 1.29 is 0 Å². The lowest BCUT2D eigenvalue weighted by Crippen LogP contribution is -2.15. The van der Waals surface area contributed by atoms with Crippen LogP contribution in [0.4, 0.5) is 0 Å². The zero-order valence-electron chi connectivity index (χ0n) is 27.7. The number of benzene rings is 9. The maximum absolute atomic E-state index is 2.44. The summed E-state index contributed by atoms with van der Waals surface area (Å²) < 4.78 is 0. The van der Waals surface area contributed by atoms with Crippen LogP contribution in [0.2, 0.25) is 0 Å². The molecule has 0 aromatic heterocycles. The van der Waals surface area contributed by atoms with E-state index in [-0.39, 0.29) is 5.41 Å². The highest BCUT2D eigenvalue weighted by molar-refractivity contribution is 6.21. The van der Waals surface area contributed by atoms with Crippen molar-refractivity contribution in [1.29, 1.82) is 0 Å². The lowest BCUT2D eigenvalue weighted by atomic mass is 9.80. The van der Waals surface area contributed by atoms with Crippen LogP contribution in [0, 0.1) is 0 Å². The summed E-state index contributed by atoms with van der Waals surface area (Å²) in [4.78, 5) is 0. The Morgan fingerprint density at radius 2 is 0.816 bits per heavy atom. The van der Waals surface area contributed by atoms with Gasteiger partial charge in [-0.05, 0) is 129 Å². The quantitative estimate of drug-likeness (QED) is 0.172. The fourth-order valence-electron chi connectivity index (χ4n) is 8.43. The average molecular weight is 623 g/mol. The molecule has 0 N–H and O–H groups in total. The Morgan fingerprint density at radius 1 is 0.286 bits per heavy atom. The first kappa shape index (κ1) is 28.1. The van der Waals surface area contributed by atoms with Crippen molar-refractivity contribution in [2.24, 2.45) is 0 Å². The van der Waals surface area contributed by atoms with Crippen LogP contribution in [0.1, 0.15) is 25.0 Å². The van der Waals surface area contributed by atoms with Crippen molar-refractivity contribution in [3.8, 4) is 44.5 Å². The van der Waals surface area contributed by atoms with E-state index in [0.717, 1.165) is 0 Å². The molecule has 10 rings (SSSR count). The molecule has 49 heavy (non-hydrogen) atoms. The Bertz CT molecular complexity index is 2800. The summed E-state index contributed by atoms with van der Waals surface area (Å²) in [5.74, 6) is 0. The van der Waals surface area contributed by atoms with E-state index < -0.39 is 0 Å². The third-order valence-corrected chi connectivity index (χ3v) is 11.0. The van der Waals surface area contributed by atoms with Gasteiger partial charge in [0.25, 0.3) is 0 Å². The highest BCUT2D eigenvalue weighted by Gasteiger charge is 2.36. The molecule has 9 aromatic rings. The molecular formula is C49H34. The molecule has 0 heteroatoms. The molecule has 0 fully saturated rings. The molecule has 0 heterocycles. The van der Waals surface area contributed by atoms with Crippen molar-refractivity contribution in [1.82, 2.24) is 0 Å². The van der Waals surface area contributed by atoms with Gasteiger partial charge in [-0.3, -0.25) is 0 Å². The second-order valence-corrected chi connectivity index (χ2v) is 14.1. The molecule has 0 atom stereocenters. The van der Waals surface area contributed by atoms with Crippen molar-refractivity contribution >= 4 is 43.1 Å². The van der Waals surface area contributed by atoms with Gasteiger partial charge in [-0.25, -0.2) is 0 Å². The van der Waals surface area contributed by atoms with Crippen LogP contribution in [0.15, 0.2) is 170 Å². The topological polar surface area (TPSA) is 0 Å². The zero-order chi connectivity index (χ0) is 32.7. The first-order valence-corrected chi connectivity index (χ1v) is 17.3. The molecule has 230 valence electrons. The monoisotopic (exact) mass is 622 g/mol. The van der Waals surface area contributed by atoms with E-state index in [1.807, 2.05) is 0 Å². The van der Waals surface area contributed by atoms with Gasteiger partial charge in [0.1, 0.15) is 0 Å². The number of fused-ring (bicyclic) bond motifs is 9. The van der Waals surface area contributed by atoms with Crippen molar-refractivity contribution in [2.45, 2.75) is 19.3 Å². The summed E-state index contributed by atoms with van der Waals surface area (Å²) in [5.41, 5.74) is 12.9. The van der Waals surface area contributed by atoms with Gasteiger partial charge in [-0.2, -0.15) is 0 Å². The summed E-state index contributed by atoms with van der Waals surface area (Å²) >= 11 is 0. The van der Waals surface area contributed by atoms with Crippen molar-refractivity contribution in [2.75, 3.05) is 0 Å². The highest BCUT2D eigenvalue weighted by Crippen LogP contribution is 2.51. The Hall–Kier alpha value is -5.98. The Morgan fingerprint density at radius 3 is 1.57 bits per heavy atom. The maximum atomic E-state index is 2.44. The van der Waals surface area contributed by atoms with E-state index in [9.17, 15) is 0 Å². The molecule has 0 bridgehead atoms. The van der Waals surface area contributed by atoms with Crippen LogP contribution < -0.4 is 0 Å². The summed E-state index contributed by atoms with van der Waals surface area (Å²) in [5, 5.41) is 10.3. The minimum Gasteiger partial charge on any atom is -0.0616 e. The Labute approximate surface area is 286 Å². The molecule has 0 saturated heterocycles. The van der Waals surface area contributed by atoms with Gasteiger partial charge in [0.2, 0.25) is 0 Å². The first-order valence-electron chi connectivity index (χ1n) is 17.3. The van der Waals surface area contributed by atoms with E-state index in [1.165, 1.54) is 98.7 Å². The third kappa shape index (κ3) is 4.31. The lowest BCUT2D eigenvalue weighted by Gasteiger charge is -2.23. The van der Waals surface area contributed by atoms with E-state index in [2.05, 4.69) is 184 Å². The number of hydrogen-bond acceptors (Lipinski definition) is 0. The highest BCUT2D eigenvalue weighted by atomic mass is 14.4. The Balaban J connectivity index is 1.07. The van der Waals surface area contributed by atoms with Crippen LogP contribution in [0.3, 0.4) is 0 Å². The maximum Gasteiger partial charge on any atom is 0.0159 e. The summed E-state index contributed by atoms with van der Waals surface area (Å²) in [7, 11) is 0. The van der Waals surface area contributed by atoms with E-state index in [4.69, 9.17) is 0 Å². The van der Waals surface area contributed by atoms with Gasteiger partial charge in [-0.1, -0.05) is 153 Å². The number of hydrogen-bond donors (Lipinski definition) is 0. The van der Waals surface area contributed by atoms with Crippen LogP contribution in [-0.2, 0) is 5.41 Å². The van der Waals surface area contributed by atoms with Gasteiger partial charge in [0.15, 0.2) is 0 Å². The lowest BCUT2D eigenvalue weighted by molar-refractivity contribution is 0.661. The summed E-state index contributed by atoms with van der Waals surface area (Å²) in [6.07, 6.45) is 0. The molecule has 1 aliphatic rings. The van der Waals surface area contributed by atoms with Gasteiger partial charge >= 0.3 is 0 Å². The van der Waals surface area contributed by atoms with Crippen molar-refractivity contribution in [3.63, 3.8) is 0 Å². The molecule has 0 saturated carbocycles. The van der Waals surface area contributed by atoms with Gasteiger partial charge in [0, 0.05) is 5.41 Å². The zero-order valence-corrected chi connectivity index (χ0v) is 27.7. The predicted octanol–water partition coefficient (Wildman–Crippen LogP) is 13.6. The number of rotatable bonds is 3. The molecule has 0 radical (unpaired) electrons. The second-order valence-electron chi connectivity index (χ2n) is 14.1. The molecule has 9 aromatic carbocycles. The second kappa shape index (κ2) is 10.5. The fraction of sp³-hybridized carbons (Fsp3) is 0.0612. The van der Waals surface area contributed by atoms with Crippen LogP contribution in [-0.4, -0.2) is 0 Å². The van der Waals surface area contributed by atoms with Crippen molar-refractivity contribution in [3.05, 3.63) is 181 Å². The predicted molar refractivity (Wildman–Crippen MR) is 210 cm³/mol. The van der Waals surface area contributed by atoms with Crippen LogP contribution in [0.5, 0.6) is 0 Å². The molecule has 0 spiro atoms. The van der Waals surface area contributed by atoms with E-state index >= 15 is 0 Å². The smallest absolute Gasteiger partial charge is 0.0159 e. The van der Waals surface area contributed by atoms with E-state index in [0.29, 0.717) is 0 Å². The van der Waals surface area contributed by atoms with Crippen LogP contribution in [0.25, 0.3) is 87.6 Å². The minimum atomic E-state index is -0.110. The average Bonchev–Trinajstić information content (AvgIpc) is 3.39. The molecular weight excluding hydrogens is 589 g/mol. The molecule has 1 aliphatic carbocycles. The fourth-order valence-corrected chi connectivity index (χ4v) is 8.43. The minimum absolute atomic E-state index is 0.110. The van der Waals surface area contributed by atoms with E-state index in [1.54, 1.807) is 0 Å². The summed E-state index contributed by atoms with van der Waals surface area (Å²) in [6, 6.07) is 63.2. The van der Waals surface area contributed by atoms with Gasteiger partial charge in [-0.15, -0.1) is 0 Å².